The Morgan fingerprint density at radius 2 is 2.25 bits per heavy atom. The van der Waals surface area contributed by atoms with E-state index in [1.54, 1.807) is 25.3 Å². The van der Waals surface area contributed by atoms with Crippen molar-refractivity contribution in [1.29, 1.82) is 0 Å². The highest BCUT2D eigenvalue weighted by Crippen LogP contribution is 2.25. The molecule has 1 aromatic rings. The lowest BCUT2D eigenvalue weighted by molar-refractivity contribution is -0.119. The van der Waals surface area contributed by atoms with Crippen molar-refractivity contribution >= 4 is 29.4 Å². The second-order valence-electron chi connectivity index (χ2n) is 3.01. The molecule has 0 saturated heterocycles. The highest BCUT2D eigenvalue weighted by atomic mass is 32.2. The standard InChI is InChI=1S/C9H12N4O2S/c1-5(7(14)13-9(11)15)16-8-6(10)3-2-4-12-8/h2-5H,10H2,1H3,(H3,11,13,14,15). The first-order valence-electron chi connectivity index (χ1n) is 4.48. The van der Waals surface area contributed by atoms with Crippen LogP contribution in [0.5, 0.6) is 0 Å². The highest BCUT2D eigenvalue weighted by molar-refractivity contribution is 8.00. The number of nitrogens with one attached hydrogen (secondary N) is 1. The molecule has 1 atom stereocenters. The molecule has 86 valence electrons. The third-order valence-corrected chi connectivity index (χ3v) is 2.84. The van der Waals surface area contributed by atoms with Gasteiger partial charge in [0.25, 0.3) is 0 Å². The number of urea groups is 1. The van der Waals surface area contributed by atoms with Crippen LogP contribution in [0.3, 0.4) is 0 Å². The monoisotopic (exact) mass is 240 g/mol. The van der Waals surface area contributed by atoms with Gasteiger partial charge in [0.2, 0.25) is 5.91 Å². The lowest BCUT2D eigenvalue weighted by atomic mass is 10.4. The molecule has 0 aromatic carbocycles. The van der Waals surface area contributed by atoms with Crippen molar-refractivity contribution in [3.8, 4) is 0 Å². The maximum atomic E-state index is 11.4. The van der Waals surface area contributed by atoms with Crippen molar-refractivity contribution in [1.82, 2.24) is 10.3 Å². The van der Waals surface area contributed by atoms with Gasteiger partial charge in [0, 0.05) is 6.20 Å². The Morgan fingerprint density at radius 1 is 1.56 bits per heavy atom. The van der Waals surface area contributed by atoms with Crippen LogP contribution in [0.4, 0.5) is 10.5 Å². The fourth-order valence-electron chi connectivity index (χ4n) is 0.946. The molecule has 0 aliphatic carbocycles. The molecule has 0 spiro atoms. The normalized spacial score (nSPS) is 11.8. The maximum Gasteiger partial charge on any atom is 0.318 e. The van der Waals surface area contributed by atoms with Gasteiger partial charge >= 0.3 is 6.03 Å². The van der Waals surface area contributed by atoms with Gasteiger partial charge < -0.3 is 11.5 Å². The summed E-state index contributed by atoms with van der Waals surface area (Å²) in [7, 11) is 0. The van der Waals surface area contributed by atoms with Crippen LogP contribution in [0.25, 0.3) is 0 Å². The fourth-order valence-corrected chi connectivity index (χ4v) is 1.77. The van der Waals surface area contributed by atoms with Gasteiger partial charge in [-0.05, 0) is 19.1 Å². The van der Waals surface area contributed by atoms with Crippen LogP contribution in [-0.2, 0) is 4.79 Å². The fraction of sp³-hybridized carbons (Fsp3) is 0.222. The first kappa shape index (κ1) is 12.3. The van der Waals surface area contributed by atoms with Crippen LogP contribution < -0.4 is 16.8 Å². The van der Waals surface area contributed by atoms with Crippen molar-refractivity contribution in [2.75, 3.05) is 5.73 Å². The molecule has 0 radical (unpaired) electrons. The molecule has 16 heavy (non-hydrogen) atoms. The number of primary amides is 1. The number of nitrogen functional groups attached to an aromatic ring is 1. The first-order chi connectivity index (χ1) is 7.50. The molecule has 1 heterocycles. The highest BCUT2D eigenvalue weighted by Gasteiger charge is 2.17. The van der Waals surface area contributed by atoms with Crippen molar-refractivity contribution in [2.45, 2.75) is 17.2 Å². The number of imide groups is 1. The van der Waals surface area contributed by atoms with E-state index in [0.29, 0.717) is 10.7 Å². The molecule has 1 unspecified atom stereocenters. The van der Waals surface area contributed by atoms with Crippen LogP contribution in [0.2, 0.25) is 0 Å². The molecule has 0 aliphatic heterocycles. The van der Waals surface area contributed by atoms with E-state index >= 15 is 0 Å². The third kappa shape index (κ3) is 3.43. The average molecular weight is 240 g/mol. The Morgan fingerprint density at radius 3 is 2.81 bits per heavy atom. The number of hydrogen-bond acceptors (Lipinski definition) is 5. The molecule has 1 rings (SSSR count). The van der Waals surface area contributed by atoms with Crippen LogP contribution in [-0.4, -0.2) is 22.2 Å². The molecule has 0 fully saturated rings. The Hall–Kier alpha value is -1.76. The number of pyridine rings is 1. The summed E-state index contributed by atoms with van der Waals surface area (Å²) < 4.78 is 0. The second-order valence-corrected chi connectivity index (χ2v) is 4.34. The lowest BCUT2D eigenvalue weighted by Gasteiger charge is -2.10. The zero-order valence-electron chi connectivity index (χ0n) is 8.64. The van der Waals surface area contributed by atoms with Crippen LogP contribution in [0, 0.1) is 0 Å². The number of nitrogens with two attached hydrogens (primary N) is 2. The number of rotatable bonds is 3. The van der Waals surface area contributed by atoms with Crippen molar-refractivity contribution in [2.24, 2.45) is 5.73 Å². The summed E-state index contributed by atoms with van der Waals surface area (Å²) in [6.07, 6.45) is 1.58. The van der Waals surface area contributed by atoms with Crippen LogP contribution >= 0.6 is 11.8 Å². The molecular weight excluding hydrogens is 228 g/mol. The number of anilines is 1. The molecule has 7 heteroatoms. The number of nitrogens with zero attached hydrogens (tertiary/aromatic N) is 1. The zero-order chi connectivity index (χ0) is 12.1. The number of amides is 3. The Balaban J connectivity index is 2.64. The molecule has 1 aromatic heterocycles. The molecule has 5 N–H and O–H groups in total. The maximum absolute atomic E-state index is 11.4. The predicted octanol–water partition coefficient (Wildman–Crippen LogP) is 0.339. The van der Waals surface area contributed by atoms with Gasteiger partial charge in [0.05, 0.1) is 10.9 Å². The van der Waals surface area contributed by atoms with Gasteiger partial charge in [-0.1, -0.05) is 11.8 Å². The van der Waals surface area contributed by atoms with Gasteiger partial charge in [0.1, 0.15) is 5.03 Å². The largest absolute Gasteiger partial charge is 0.397 e. The molecular formula is C9H12N4O2S. The van der Waals surface area contributed by atoms with E-state index in [2.05, 4.69) is 4.98 Å². The summed E-state index contributed by atoms with van der Waals surface area (Å²) in [6.45, 7) is 1.64. The topological polar surface area (TPSA) is 111 Å². The van der Waals surface area contributed by atoms with Gasteiger partial charge in [-0.3, -0.25) is 10.1 Å². The predicted molar refractivity (Wildman–Crippen MR) is 61.7 cm³/mol. The summed E-state index contributed by atoms with van der Waals surface area (Å²) in [5.74, 6) is -0.470. The van der Waals surface area contributed by atoms with E-state index in [1.807, 2.05) is 5.32 Å². The third-order valence-electron chi connectivity index (χ3n) is 1.70. The van der Waals surface area contributed by atoms with Crippen molar-refractivity contribution in [3.05, 3.63) is 18.3 Å². The van der Waals surface area contributed by atoms with Crippen LogP contribution in [0.1, 0.15) is 6.92 Å². The van der Waals surface area contributed by atoms with E-state index in [-0.39, 0.29) is 0 Å². The molecule has 6 nitrogen and oxygen atoms in total. The Labute approximate surface area is 96.8 Å². The number of aromatic nitrogens is 1. The Bertz CT molecular complexity index is 410. The SMILES string of the molecule is CC(Sc1ncccc1N)C(=O)NC(N)=O. The summed E-state index contributed by atoms with van der Waals surface area (Å²) in [6, 6.07) is 2.52. The summed E-state index contributed by atoms with van der Waals surface area (Å²) in [5.41, 5.74) is 11.0. The summed E-state index contributed by atoms with van der Waals surface area (Å²) in [5, 5.41) is 2.05. The van der Waals surface area contributed by atoms with E-state index < -0.39 is 17.2 Å². The lowest BCUT2D eigenvalue weighted by Crippen LogP contribution is -2.39. The number of hydrogen-bond donors (Lipinski definition) is 3. The van der Waals surface area contributed by atoms with Crippen molar-refractivity contribution < 1.29 is 9.59 Å². The summed E-state index contributed by atoms with van der Waals surface area (Å²) >= 11 is 1.16. The molecule has 3 amide bonds. The van der Waals surface area contributed by atoms with Crippen LogP contribution in [0.15, 0.2) is 23.4 Å². The van der Waals surface area contributed by atoms with E-state index in [9.17, 15) is 9.59 Å². The molecule has 0 saturated carbocycles. The number of thioether (sulfide) groups is 1. The average Bonchev–Trinajstić information content (AvgIpc) is 2.20. The number of carbonyl (C=O) groups is 2. The Kier molecular flexibility index (Phi) is 4.12. The number of carbonyl (C=O) groups excluding carboxylic acids is 2. The minimum absolute atomic E-state index is 0.470. The quantitative estimate of drug-likeness (QED) is 0.660. The molecule has 0 aliphatic rings. The molecule has 0 bridgehead atoms. The minimum atomic E-state index is -0.869. The van der Waals surface area contributed by atoms with Gasteiger partial charge in [-0.25, -0.2) is 9.78 Å². The van der Waals surface area contributed by atoms with E-state index in [0.717, 1.165) is 11.8 Å². The second kappa shape index (κ2) is 5.36. The smallest absolute Gasteiger partial charge is 0.318 e. The van der Waals surface area contributed by atoms with E-state index in [4.69, 9.17) is 11.5 Å². The van der Waals surface area contributed by atoms with Gasteiger partial charge in [0.15, 0.2) is 0 Å². The minimum Gasteiger partial charge on any atom is -0.397 e. The van der Waals surface area contributed by atoms with Crippen molar-refractivity contribution in [3.63, 3.8) is 0 Å². The van der Waals surface area contributed by atoms with Gasteiger partial charge in [-0.2, -0.15) is 0 Å². The summed E-state index contributed by atoms with van der Waals surface area (Å²) in [4.78, 5) is 25.9. The van der Waals surface area contributed by atoms with Gasteiger partial charge in [-0.15, -0.1) is 0 Å². The van der Waals surface area contributed by atoms with E-state index in [1.165, 1.54) is 0 Å². The first-order valence-corrected chi connectivity index (χ1v) is 5.36. The zero-order valence-corrected chi connectivity index (χ0v) is 9.45.